The van der Waals surface area contributed by atoms with Crippen molar-refractivity contribution in [3.05, 3.63) is 22.7 Å². The van der Waals surface area contributed by atoms with Gasteiger partial charge in [0, 0.05) is 24.8 Å². The topological polar surface area (TPSA) is 63.4 Å². The van der Waals surface area contributed by atoms with E-state index in [-0.39, 0.29) is 4.90 Å². The van der Waals surface area contributed by atoms with E-state index in [4.69, 9.17) is 17.3 Å². The summed E-state index contributed by atoms with van der Waals surface area (Å²) in [5, 5.41) is 0.357. The molecular weight excluding hydrogens is 236 g/mol. The van der Waals surface area contributed by atoms with E-state index in [9.17, 15) is 8.42 Å². The van der Waals surface area contributed by atoms with E-state index in [2.05, 4.69) is 0 Å². The molecule has 0 heterocycles. The summed E-state index contributed by atoms with van der Waals surface area (Å²) in [4.78, 5) is 0.112. The minimum absolute atomic E-state index is 0.112. The van der Waals surface area contributed by atoms with Gasteiger partial charge in [-0.2, -0.15) is 0 Å². The van der Waals surface area contributed by atoms with E-state index in [0.29, 0.717) is 16.3 Å². The van der Waals surface area contributed by atoms with Crippen molar-refractivity contribution in [2.75, 3.05) is 19.8 Å². The zero-order chi connectivity index (χ0) is 11.8. The molecule has 0 unspecified atom stereocenters. The van der Waals surface area contributed by atoms with Crippen LogP contribution in [-0.4, -0.2) is 26.8 Å². The Morgan fingerprint density at radius 3 is 2.27 bits per heavy atom. The number of benzene rings is 1. The molecule has 0 bridgehead atoms. The lowest BCUT2D eigenvalue weighted by atomic mass is 10.2. The molecule has 0 aliphatic rings. The van der Waals surface area contributed by atoms with Gasteiger partial charge >= 0.3 is 0 Å². The second-order valence-electron chi connectivity index (χ2n) is 3.41. The third-order valence-electron chi connectivity index (χ3n) is 2.14. The quantitative estimate of drug-likeness (QED) is 0.807. The molecule has 0 aromatic heterocycles. The van der Waals surface area contributed by atoms with E-state index < -0.39 is 10.0 Å². The maximum Gasteiger partial charge on any atom is 0.242 e. The number of hydrogen-bond donors (Lipinski definition) is 1. The van der Waals surface area contributed by atoms with E-state index in [1.165, 1.54) is 26.2 Å². The smallest absolute Gasteiger partial charge is 0.242 e. The largest absolute Gasteiger partial charge is 0.398 e. The molecular formula is C9H13ClN2O2S. The summed E-state index contributed by atoms with van der Waals surface area (Å²) in [5.41, 5.74) is 6.72. The number of nitrogens with two attached hydrogens (primary N) is 1. The molecule has 0 aliphatic heterocycles. The first-order chi connectivity index (χ1) is 6.76. The minimum atomic E-state index is -3.47. The lowest BCUT2D eigenvalue weighted by molar-refractivity contribution is 0.521. The average Bonchev–Trinajstić information content (AvgIpc) is 2.13. The number of nitrogen functional groups attached to an aromatic ring is 1. The summed E-state index contributed by atoms with van der Waals surface area (Å²) in [6.07, 6.45) is 0. The van der Waals surface area contributed by atoms with Gasteiger partial charge in [0.2, 0.25) is 10.0 Å². The van der Waals surface area contributed by atoms with Gasteiger partial charge < -0.3 is 5.73 Å². The predicted octanol–water partition coefficient (Wildman–Crippen LogP) is 1.48. The van der Waals surface area contributed by atoms with Gasteiger partial charge in [-0.15, -0.1) is 0 Å². The molecule has 6 heteroatoms. The monoisotopic (exact) mass is 248 g/mol. The Labute approximate surface area is 94.7 Å². The van der Waals surface area contributed by atoms with Crippen molar-refractivity contribution >= 4 is 27.3 Å². The highest BCUT2D eigenvalue weighted by Gasteiger charge is 2.19. The van der Waals surface area contributed by atoms with Crippen LogP contribution in [-0.2, 0) is 10.0 Å². The lowest BCUT2D eigenvalue weighted by Gasteiger charge is -2.13. The van der Waals surface area contributed by atoms with Crippen LogP contribution in [0, 0.1) is 6.92 Å². The van der Waals surface area contributed by atoms with Crippen LogP contribution in [0.4, 0.5) is 5.69 Å². The number of anilines is 1. The van der Waals surface area contributed by atoms with E-state index in [1.54, 1.807) is 6.92 Å². The van der Waals surface area contributed by atoms with Crippen LogP contribution in [0.15, 0.2) is 17.0 Å². The first kappa shape index (κ1) is 12.3. The SMILES string of the molecule is Cc1c(N)cc(S(=O)(=O)N(C)C)cc1Cl. The number of hydrogen-bond acceptors (Lipinski definition) is 3. The Bertz CT molecular complexity index is 460. The van der Waals surface area contributed by atoms with Crippen molar-refractivity contribution in [3.8, 4) is 0 Å². The van der Waals surface area contributed by atoms with Crippen LogP contribution < -0.4 is 5.73 Å². The molecule has 0 atom stereocenters. The fraction of sp³-hybridized carbons (Fsp3) is 0.333. The summed E-state index contributed by atoms with van der Waals surface area (Å²) < 4.78 is 24.6. The van der Waals surface area contributed by atoms with Crippen molar-refractivity contribution in [1.82, 2.24) is 4.31 Å². The highest BCUT2D eigenvalue weighted by atomic mass is 35.5. The molecule has 0 spiro atoms. The summed E-state index contributed by atoms with van der Waals surface area (Å²) in [6, 6.07) is 2.82. The molecule has 0 aliphatic carbocycles. The van der Waals surface area contributed by atoms with E-state index in [1.807, 2.05) is 0 Å². The van der Waals surface area contributed by atoms with Crippen molar-refractivity contribution in [2.24, 2.45) is 0 Å². The molecule has 15 heavy (non-hydrogen) atoms. The van der Waals surface area contributed by atoms with Gasteiger partial charge in [-0.3, -0.25) is 0 Å². The van der Waals surface area contributed by atoms with Gasteiger partial charge in [-0.1, -0.05) is 11.6 Å². The number of halogens is 1. The lowest BCUT2D eigenvalue weighted by Crippen LogP contribution is -2.22. The number of sulfonamides is 1. The fourth-order valence-electron chi connectivity index (χ4n) is 1.03. The van der Waals surface area contributed by atoms with E-state index >= 15 is 0 Å². The highest BCUT2D eigenvalue weighted by Crippen LogP contribution is 2.26. The van der Waals surface area contributed by atoms with Crippen LogP contribution >= 0.6 is 11.6 Å². The zero-order valence-electron chi connectivity index (χ0n) is 8.78. The van der Waals surface area contributed by atoms with Gasteiger partial charge in [0.05, 0.1) is 4.90 Å². The first-order valence-electron chi connectivity index (χ1n) is 4.25. The molecule has 0 saturated carbocycles. The average molecular weight is 249 g/mol. The van der Waals surface area contributed by atoms with Crippen LogP contribution in [0.2, 0.25) is 5.02 Å². The van der Waals surface area contributed by atoms with Gasteiger partial charge in [0.25, 0.3) is 0 Å². The molecule has 1 aromatic carbocycles. The summed E-state index contributed by atoms with van der Waals surface area (Å²) in [6.45, 7) is 1.74. The molecule has 0 saturated heterocycles. The molecule has 0 amide bonds. The van der Waals surface area contributed by atoms with Crippen LogP contribution in [0.3, 0.4) is 0 Å². The van der Waals surface area contributed by atoms with Crippen molar-refractivity contribution in [2.45, 2.75) is 11.8 Å². The molecule has 84 valence electrons. The van der Waals surface area contributed by atoms with E-state index in [0.717, 1.165) is 4.31 Å². The predicted molar refractivity (Wildman–Crippen MR) is 61.5 cm³/mol. The van der Waals surface area contributed by atoms with Crippen LogP contribution in [0.1, 0.15) is 5.56 Å². The molecule has 0 fully saturated rings. The summed E-state index contributed by atoms with van der Waals surface area (Å²) in [5.74, 6) is 0. The Morgan fingerprint density at radius 2 is 1.87 bits per heavy atom. The third-order valence-corrected chi connectivity index (χ3v) is 4.32. The van der Waals surface area contributed by atoms with Gasteiger partial charge in [-0.25, -0.2) is 12.7 Å². The van der Waals surface area contributed by atoms with Crippen LogP contribution in [0.25, 0.3) is 0 Å². The second-order valence-corrected chi connectivity index (χ2v) is 5.97. The Kier molecular flexibility index (Phi) is 3.28. The standard InChI is InChI=1S/C9H13ClN2O2S/c1-6-8(10)4-7(5-9(6)11)15(13,14)12(2)3/h4-5H,11H2,1-3H3. The first-order valence-corrected chi connectivity index (χ1v) is 6.06. The fourth-order valence-corrected chi connectivity index (χ4v) is 2.29. The van der Waals surface area contributed by atoms with Crippen molar-refractivity contribution < 1.29 is 8.42 Å². The Balaban J connectivity index is 3.42. The maximum absolute atomic E-state index is 11.8. The van der Waals surface area contributed by atoms with Gasteiger partial charge in [-0.05, 0) is 24.6 Å². The summed E-state index contributed by atoms with van der Waals surface area (Å²) in [7, 11) is -0.555. The highest BCUT2D eigenvalue weighted by molar-refractivity contribution is 7.89. The van der Waals surface area contributed by atoms with Crippen molar-refractivity contribution in [3.63, 3.8) is 0 Å². The number of rotatable bonds is 2. The maximum atomic E-state index is 11.8. The van der Waals surface area contributed by atoms with Gasteiger partial charge in [0.15, 0.2) is 0 Å². The number of nitrogens with zero attached hydrogens (tertiary/aromatic N) is 1. The van der Waals surface area contributed by atoms with Gasteiger partial charge in [0.1, 0.15) is 0 Å². The molecule has 4 nitrogen and oxygen atoms in total. The van der Waals surface area contributed by atoms with Crippen LogP contribution in [0.5, 0.6) is 0 Å². The molecule has 2 N–H and O–H groups in total. The normalized spacial score (nSPS) is 12.1. The van der Waals surface area contributed by atoms with Crippen molar-refractivity contribution in [1.29, 1.82) is 0 Å². The third kappa shape index (κ3) is 2.25. The summed E-state index contributed by atoms with van der Waals surface area (Å²) >= 11 is 5.87. The second kappa shape index (κ2) is 4.00. The molecule has 1 rings (SSSR count). The minimum Gasteiger partial charge on any atom is -0.398 e. The zero-order valence-corrected chi connectivity index (χ0v) is 10.4. The molecule has 1 aromatic rings. The Hall–Kier alpha value is -0.780. The Morgan fingerprint density at radius 1 is 1.33 bits per heavy atom. The molecule has 0 radical (unpaired) electrons.